The maximum atomic E-state index is 11.7. The molecule has 2 amide bonds. The van der Waals surface area contributed by atoms with E-state index in [0.717, 1.165) is 19.6 Å². The Kier molecular flexibility index (Phi) is 4.89. The number of nitrogens with zero attached hydrogens (tertiary/aromatic N) is 2. The Hall–Kier alpha value is -0.940. The number of hydrogen-bond acceptors (Lipinski definition) is 4. The van der Waals surface area contributed by atoms with Gasteiger partial charge in [0.15, 0.2) is 0 Å². The van der Waals surface area contributed by atoms with Crippen molar-refractivity contribution >= 4 is 11.8 Å². The van der Waals surface area contributed by atoms with Gasteiger partial charge in [0.05, 0.1) is 12.5 Å². The highest BCUT2D eigenvalue weighted by Crippen LogP contribution is 2.11. The molecule has 1 fully saturated rings. The summed E-state index contributed by atoms with van der Waals surface area (Å²) in [6.07, 6.45) is 0.308. The number of carbonyl (C=O) groups excluding carboxylic acids is 2. The second-order valence-electron chi connectivity index (χ2n) is 4.08. The van der Waals surface area contributed by atoms with E-state index in [-0.39, 0.29) is 17.9 Å². The summed E-state index contributed by atoms with van der Waals surface area (Å²) in [6.45, 7) is 7.00. The molecule has 0 radical (unpaired) electrons. The van der Waals surface area contributed by atoms with Gasteiger partial charge in [0, 0.05) is 19.6 Å². The van der Waals surface area contributed by atoms with Crippen LogP contribution in [0.25, 0.3) is 0 Å². The Labute approximate surface area is 96.8 Å². The fourth-order valence-corrected chi connectivity index (χ4v) is 1.76. The van der Waals surface area contributed by atoms with Crippen molar-refractivity contribution in [3.05, 3.63) is 0 Å². The molecule has 1 aliphatic rings. The number of carbonyl (C=O) groups is 2. The van der Waals surface area contributed by atoms with E-state index in [1.54, 1.807) is 0 Å². The fraction of sp³-hybridized carbons (Fsp3) is 0.818. The summed E-state index contributed by atoms with van der Waals surface area (Å²) in [4.78, 5) is 26.6. The molecule has 1 aliphatic heterocycles. The van der Waals surface area contributed by atoms with Crippen LogP contribution >= 0.6 is 0 Å². The summed E-state index contributed by atoms with van der Waals surface area (Å²) in [7, 11) is 2.03. The maximum absolute atomic E-state index is 11.7. The third-order valence-corrected chi connectivity index (χ3v) is 2.98. The third-order valence-electron chi connectivity index (χ3n) is 2.98. The topological polar surface area (TPSA) is 52.7 Å². The van der Waals surface area contributed by atoms with Crippen molar-refractivity contribution in [2.24, 2.45) is 0 Å². The summed E-state index contributed by atoms with van der Waals surface area (Å²) in [5, 5.41) is 3.14. The van der Waals surface area contributed by atoms with E-state index in [0.29, 0.717) is 13.0 Å². The number of imide groups is 1. The molecule has 0 aromatic heterocycles. The van der Waals surface area contributed by atoms with E-state index in [1.807, 2.05) is 14.0 Å². The molecule has 0 aliphatic carbocycles. The predicted octanol–water partition coefficient (Wildman–Crippen LogP) is -0.325. The predicted molar refractivity (Wildman–Crippen MR) is 62.0 cm³/mol. The fourth-order valence-electron chi connectivity index (χ4n) is 1.76. The van der Waals surface area contributed by atoms with Crippen LogP contribution in [0, 0.1) is 0 Å². The zero-order valence-electron chi connectivity index (χ0n) is 10.3. The van der Waals surface area contributed by atoms with E-state index in [1.165, 1.54) is 4.90 Å². The van der Waals surface area contributed by atoms with Crippen LogP contribution in [0.3, 0.4) is 0 Å². The maximum Gasteiger partial charge on any atom is 0.246 e. The van der Waals surface area contributed by atoms with Gasteiger partial charge in [0.2, 0.25) is 11.8 Å². The second-order valence-corrected chi connectivity index (χ2v) is 4.08. The number of likely N-dealkylation sites (tertiary alicyclic amines) is 1. The van der Waals surface area contributed by atoms with Gasteiger partial charge in [-0.15, -0.1) is 0 Å². The van der Waals surface area contributed by atoms with Crippen LogP contribution in [0.15, 0.2) is 0 Å². The molecule has 1 atom stereocenters. The van der Waals surface area contributed by atoms with E-state index >= 15 is 0 Å². The third kappa shape index (κ3) is 3.02. The lowest BCUT2D eigenvalue weighted by Gasteiger charge is -2.16. The lowest BCUT2D eigenvalue weighted by Crippen LogP contribution is -2.41. The number of hydrogen-bond donors (Lipinski definition) is 1. The van der Waals surface area contributed by atoms with Gasteiger partial charge in [-0.05, 0) is 20.5 Å². The van der Waals surface area contributed by atoms with Crippen LogP contribution in [0.2, 0.25) is 0 Å². The van der Waals surface area contributed by atoms with Crippen LogP contribution in [0.5, 0.6) is 0 Å². The first-order chi connectivity index (χ1) is 7.60. The standard InChI is InChI=1S/C11H21N3O2/c1-4-13(3)7-6-12-9-8-10(15)14(5-2)11(9)16/h9,12H,4-8H2,1-3H3. The van der Waals surface area contributed by atoms with E-state index in [9.17, 15) is 9.59 Å². The molecule has 5 heteroatoms. The number of likely N-dealkylation sites (N-methyl/N-ethyl adjacent to an activating group) is 2. The minimum Gasteiger partial charge on any atom is -0.305 e. The van der Waals surface area contributed by atoms with Crippen LogP contribution in [-0.4, -0.2) is 60.9 Å². The van der Waals surface area contributed by atoms with Crippen molar-refractivity contribution in [3.63, 3.8) is 0 Å². The Balaban J connectivity index is 2.34. The minimum atomic E-state index is -0.308. The van der Waals surface area contributed by atoms with Gasteiger partial charge in [-0.3, -0.25) is 14.5 Å². The molecule has 0 saturated carbocycles. The summed E-state index contributed by atoms with van der Waals surface area (Å²) in [5.41, 5.74) is 0. The van der Waals surface area contributed by atoms with Gasteiger partial charge >= 0.3 is 0 Å². The zero-order valence-corrected chi connectivity index (χ0v) is 10.3. The smallest absolute Gasteiger partial charge is 0.246 e. The van der Waals surface area contributed by atoms with Gasteiger partial charge in [-0.2, -0.15) is 0 Å². The van der Waals surface area contributed by atoms with Crippen molar-refractivity contribution in [1.82, 2.24) is 15.1 Å². The number of nitrogens with one attached hydrogen (secondary N) is 1. The van der Waals surface area contributed by atoms with Gasteiger partial charge in [-0.1, -0.05) is 6.92 Å². The lowest BCUT2D eigenvalue weighted by molar-refractivity contribution is -0.138. The van der Waals surface area contributed by atoms with Gasteiger partial charge in [-0.25, -0.2) is 0 Å². The molecule has 0 bridgehead atoms. The van der Waals surface area contributed by atoms with E-state index < -0.39 is 0 Å². The largest absolute Gasteiger partial charge is 0.305 e. The van der Waals surface area contributed by atoms with E-state index in [4.69, 9.17) is 0 Å². The van der Waals surface area contributed by atoms with Crippen LogP contribution in [0.1, 0.15) is 20.3 Å². The van der Waals surface area contributed by atoms with Gasteiger partial charge in [0.25, 0.3) is 0 Å². The molecule has 0 aromatic carbocycles. The Bertz CT molecular complexity index is 268. The second kappa shape index (κ2) is 5.96. The highest BCUT2D eigenvalue weighted by molar-refractivity contribution is 6.05. The first kappa shape index (κ1) is 13.1. The van der Waals surface area contributed by atoms with Crippen LogP contribution in [0.4, 0.5) is 0 Å². The summed E-state index contributed by atoms with van der Waals surface area (Å²) < 4.78 is 0. The molecule has 16 heavy (non-hydrogen) atoms. The SMILES string of the molecule is CCN(C)CCNC1CC(=O)N(CC)C1=O. The van der Waals surface area contributed by atoms with Gasteiger partial charge in [0.1, 0.15) is 0 Å². The molecular weight excluding hydrogens is 206 g/mol. The molecule has 5 nitrogen and oxygen atoms in total. The van der Waals surface area contributed by atoms with Crippen molar-refractivity contribution < 1.29 is 9.59 Å². The van der Waals surface area contributed by atoms with Crippen molar-refractivity contribution in [1.29, 1.82) is 0 Å². The monoisotopic (exact) mass is 227 g/mol. The lowest BCUT2D eigenvalue weighted by atomic mass is 10.2. The quantitative estimate of drug-likeness (QED) is 0.632. The van der Waals surface area contributed by atoms with E-state index in [2.05, 4.69) is 17.1 Å². The molecule has 1 rings (SSSR count). The molecule has 0 aromatic rings. The first-order valence-electron chi connectivity index (χ1n) is 5.86. The van der Waals surface area contributed by atoms with Gasteiger partial charge < -0.3 is 10.2 Å². The summed E-state index contributed by atoms with van der Waals surface area (Å²) >= 11 is 0. The number of rotatable bonds is 6. The van der Waals surface area contributed by atoms with Crippen molar-refractivity contribution in [2.45, 2.75) is 26.3 Å². The minimum absolute atomic E-state index is 0.0613. The zero-order chi connectivity index (χ0) is 12.1. The first-order valence-corrected chi connectivity index (χ1v) is 5.86. The molecule has 1 saturated heterocycles. The Morgan fingerprint density at radius 3 is 2.62 bits per heavy atom. The summed E-state index contributed by atoms with van der Waals surface area (Å²) in [6, 6.07) is -0.308. The molecule has 0 spiro atoms. The molecular formula is C11H21N3O2. The molecule has 1 heterocycles. The Morgan fingerprint density at radius 1 is 1.44 bits per heavy atom. The van der Waals surface area contributed by atoms with Crippen molar-refractivity contribution in [3.8, 4) is 0 Å². The average Bonchev–Trinajstić information content (AvgIpc) is 2.53. The molecule has 92 valence electrons. The highest BCUT2D eigenvalue weighted by Gasteiger charge is 2.36. The number of amides is 2. The Morgan fingerprint density at radius 2 is 2.12 bits per heavy atom. The summed E-state index contributed by atoms with van der Waals surface area (Å²) in [5.74, 6) is -0.138. The molecule has 1 N–H and O–H groups in total. The highest BCUT2D eigenvalue weighted by atomic mass is 16.2. The van der Waals surface area contributed by atoms with Crippen molar-refractivity contribution in [2.75, 3.05) is 33.2 Å². The van der Waals surface area contributed by atoms with Crippen LogP contribution in [-0.2, 0) is 9.59 Å². The molecule has 1 unspecified atom stereocenters. The normalized spacial score (nSPS) is 21.2. The average molecular weight is 227 g/mol. The van der Waals surface area contributed by atoms with Crippen LogP contribution < -0.4 is 5.32 Å².